The molecular formula is C104H166BrClIN6NaO21P2. The zero-order chi connectivity index (χ0) is 106. The van der Waals surface area contributed by atoms with Gasteiger partial charge in [-0.2, -0.15) is 0 Å². The van der Waals surface area contributed by atoms with E-state index in [2.05, 4.69) is 118 Å². The molecule has 0 heterocycles. The van der Waals surface area contributed by atoms with Crippen LogP contribution in [0.25, 0.3) is 0 Å². The predicted octanol–water partition coefficient (Wildman–Crippen LogP) is 9.73. The van der Waals surface area contributed by atoms with E-state index >= 15 is 0 Å². The van der Waals surface area contributed by atoms with Crippen molar-refractivity contribution in [1.82, 2.24) is 29.8 Å². The number of Topliss-reactive ketones (excluding diaryl/α,β-unsaturated/α-hetero) is 1. The molecule has 4 amide bonds. The number of alkyl halides is 1. The van der Waals surface area contributed by atoms with Crippen molar-refractivity contribution in [2.75, 3.05) is 112 Å². The molecule has 0 bridgehead atoms. The number of benzene rings is 4. The summed E-state index contributed by atoms with van der Waals surface area (Å²) in [7, 11) is 2.95. The molecule has 0 aromatic heterocycles. The van der Waals surface area contributed by atoms with Crippen molar-refractivity contribution >= 4 is 88.4 Å². The number of esters is 1. The molecule has 770 valence electrons. The van der Waals surface area contributed by atoms with E-state index in [1.54, 1.807) is 105 Å². The summed E-state index contributed by atoms with van der Waals surface area (Å²) < 4.78 is 27.5. The smallest absolute Gasteiger partial charge is 1.00 e. The summed E-state index contributed by atoms with van der Waals surface area (Å²) in [6.07, 6.45) is -0.257. The number of carbonyl (C=O) groups excluding carboxylic acids is 7. The van der Waals surface area contributed by atoms with Crippen molar-refractivity contribution in [2.24, 2.45) is 29.6 Å². The Labute approximate surface area is 876 Å². The molecule has 0 aliphatic carbocycles. The van der Waals surface area contributed by atoms with Crippen LogP contribution in [0.15, 0.2) is 121 Å². The van der Waals surface area contributed by atoms with Crippen molar-refractivity contribution in [2.45, 2.75) is 252 Å². The first-order valence-electron chi connectivity index (χ1n) is 45.1. The third kappa shape index (κ3) is 78.2. The molecule has 0 aliphatic heterocycles. The van der Waals surface area contributed by atoms with E-state index in [1.165, 1.54) is 38.1 Å². The zero-order valence-corrected chi connectivity index (χ0v) is 95.5. The quantitative estimate of drug-likeness (QED) is 0.00295. The van der Waals surface area contributed by atoms with E-state index in [0.717, 1.165) is 34.0 Å². The second-order valence-corrected chi connectivity index (χ2v) is 38.0. The summed E-state index contributed by atoms with van der Waals surface area (Å²) in [5, 5.41) is 92.5. The van der Waals surface area contributed by atoms with Gasteiger partial charge in [-0.15, -0.1) is 65.1 Å². The van der Waals surface area contributed by atoms with E-state index in [1.807, 2.05) is 191 Å². The number of aliphatic carboxylic acids is 1. The number of ether oxygens (including phenoxy) is 1. The largest absolute Gasteiger partial charge is 1.00 e. The van der Waals surface area contributed by atoms with Crippen molar-refractivity contribution in [3.8, 4) is 71.0 Å². The minimum Gasteiger partial charge on any atom is -1.00 e. The molecule has 33 heteroatoms. The minimum atomic E-state index is -3.11. The van der Waals surface area contributed by atoms with Gasteiger partial charge < -0.3 is 119 Å². The Hall–Kier alpha value is -7.08. The summed E-state index contributed by atoms with van der Waals surface area (Å²) in [6.45, 7) is 45.3. The fraction of sp³-hybridized carbons (Fsp3) is 0.577. The monoisotopic (exact) mass is 2160 g/mol. The first kappa shape index (κ1) is 150. The molecule has 13 atom stereocenters. The Morgan fingerprint density at radius 1 is 0.460 bits per heavy atom. The minimum absolute atomic E-state index is 0. The number of carboxylic acid groups (broad SMARTS) is 1. The summed E-state index contributed by atoms with van der Waals surface area (Å²) in [4.78, 5) is 98.8. The molecule has 0 saturated heterocycles. The third-order valence-corrected chi connectivity index (χ3v) is 23.4. The second kappa shape index (κ2) is 96.4. The van der Waals surface area contributed by atoms with E-state index in [0.29, 0.717) is 51.6 Å². The number of hydrogen-bond donors (Lipinski definition) is 11. The van der Waals surface area contributed by atoms with Crippen molar-refractivity contribution in [3.05, 3.63) is 144 Å². The van der Waals surface area contributed by atoms with Crippen LogP contribution < -0.4 is 58.9 Å². The fourth-order valence-electron chi connectivity index (χ4n) is 9.97. The van der Waals surface area contributed by atoms with Gasteiger partial charge >= 0.3 is 41.5 Å². The van der Waals surface area contributed by atoms with Crippen LogP contribution in [0.4, 0.5) is 0 Å². The SMILES string of the molecule is CC#CCBr.CC#CC[C@H](C)C(=O)CP(=O)(CO)CO.CC#CC[C@H](C)C(=O)N(C)CO.CC#CC[C@H](C)C(=O)N(C)[C@H](C)[C@H](O)c1ccccc1.CC#CC[C@H](C)C(=O)N(C)[C@H](C)[C@H](OC(C)=O)c1ccccc1.CC#CC[C@H](C)C(=O)O.CCC(=O)Cl.CCC(=O)N(C)[C@H](C)[C@H](O)c1ccccc1.CCCO.CCN(CC)CC.CN[C@H](C)[C@H](O)c1ccccc1.CP(=O)(CO)CO.[I-].[Na+]. The van der Waals surface area contributed by atoms with Gasteiger partial charge in [-0.05, 0) is 143 Å². The number of aliphatic hydroxyl groups is 9. The zero-order valence-electron chi connectivity index (χ0n) is 87.2. The number of ketones is 1. The molecule has 0 radical (unpaired) electrons. The van der Waals surface area contributed by atoms with Crippen molar-refractivity contribution in [3.63, 3.8) is 0 Å². The van der Waals surface area contributed by atoms with Gasteiger partial charge in [-0.1, -0.05) is 219 Å². The molecule has 0 saturated carbocycles. The Kier molecular flexibility index (Phi) is 106. The Bertz CT molecular complexity index is 4290. The fourth-order valence-corrected chi connectivity index (χ4v) is 11.5. The molecule has 137 heavy (non-hydrogen) atoms. The van der Waals surface area contributed by atoms with Crippen LogP contribution in [0.1, 0.15) is 250 Å². The van der Waals surface area contributed by atoms with Crippen LogP contribution in [0.5, 0.6) is 0 Å². The predicted molar refractivity (Wildman–Crippen MR) is 553 cm³/mol. The number of halogens is 3. The number of nitrogens with zero attached hydrogens (tertiary/aromatic N) is 5. The number of hydrogen-bond acceptors (Lipinski definition) is 22. The molecule has 0 unspecified atom stereocenters. The number of amides is 4. The maximum Gasteiger partial charge on any atom is 1.00 e. The molecule has 4 rings (SSSR count). The molecule has 0 aliphatic rings. The number of carboxylic acids is 1. The number of rotatable bonds is 36. The Morgan fingerprint density at radius 3 is 1.00 bits per heavy atom. The number of aliphatic hydroxyl groups excluding tert-OH is 9. The van der Waals surface area contributed by atoms with Gasteiger partial charge in [0.2, 0.25) is 28.9 Å². The van der Waals surface area contributed by atoms with Gasteiger partial charge in [0.25, 0.3) is 0 Å². The van der Waals surface area contributed by atoms with E-state index in [4.69, 9.17) is 52.1 Å². The van der Waals surface area contributed by atoms with Crippen LogP contribution >= 0.6 is 41.8 Å². The van der Waals surface area contributed by atoms with Gasteiger partial charge in [0, 0.05) is 116 Å². The third-order valence-electron chi connectivity index (χ3n) is 19.7. The summed E-state index contributed by atoms with van der Waals surface area (Å²) in [5.41, 5.74) is 3.49. The Balaban J connectivity index is -0.000000165. The normalized spacial score (nSPS) is 12.5. The van der Waals surface area contributed by atoms with Gasteiger partial charge in [0.1, 0.15) is 32.9 Å². The van der Waals surface area contributed by atoms with Gasteiger partial charge in [0.05, 0.1) is 79.2 Å². The first-order valence-corrected chi connectivity index (χ1v) is 51.4. The van der Waals surface area contributed by atoms with Crippen molar-refractivity contribution < 1.29 is 157 Å². The van der Waals surface area contributed by atoms with Crippen LogP contribution in [0, 0.1) is 101 Å². The van der Waals surface area contributed by atoms with Crippen LogP contribution in [0.2, 0.25) is 0 Å². The molecular weight excluding hydrogens is 2000 g/mol. The summed E-state index contributed by atoms with van der Waals surface area (Å²) in [6, 6.07) is 37.3. The number of likely N-dealkylation sites (N-methyl/N-ethyl adjacent to an activating group) is 4. The molecule has 0 fully saturated rings. The standard InChI is InChI=1S/C19H25NO3.C17H23NO2.C13H19NO2.C10H15NO.C10H17O4P.C9H15NO2.C7H10O2.C6H15N.C4H5Br.C3H5ClO.C3H9O3P.C3H8O.HI.Na/c1-6-7-11-14(2)19(22)20(5)15(3)18(23-16(4)21)17-12-9-8-10-13-17;1-5-6-10-13(2)17(20)18(4)14(3)16(19)15-11-8-7-9-12-15;1-4-12(15)14(3)10(2)13(16)11-8-6-5-7-9-11;1-8(11-2)10(12)9-6-4-3-5-7-9;1-3-4-5-9(2)10(13)6-15(14,7-11)8-12;1-4-5-6-8(2)9(12)10(3)7-11;1-3-4-5-6(2)7(8)9;1-4-7(5-2)6-3;1-2-3-4-5;1-2-3(4)5;1-7(6,2-4)3-5;1-2-3-4;;/h8-10,12-15,18H,11H2,1-5H3;7-9,11-14,16,19H,10H2,1-4H3;5-10,13,16H,4H2,1-3H3;3-8,10-12H,1-2H3;9,11-12H,5-8H2,1-2H3;8,11H,6-7H2,1-3H3;6H,5H2,1-2H3,(H,8,9);4-6H2,1-3H3;4H2,1H3;2H2,1H3;4-5H,2-3H2,1H3;4H,2-3H2,1H3;1H;/q;;;;;;;;;;;;;+1/p-1/t14-,15+,18-;13-,14+,16-;10-,13+;8-,10+;9-;8-;6-;;;;;;;/m0011000......./s1. The van der Waals surface area contributed by atoms with Gasteiger partial charge in [0.15, 0.2) is 0 Å². The summed E-state index contributed by atoms with van der Waals surface area (Å²) in [5.74, 6) is 30.8. The maximum atomic E-state index is 12.5. The maximum absolute atomic E-state index is 12.5. The molecule has 4 aromatic carbocycles. The average molecular weight is 2160 g/mol. The van der Waals surface area contributed by atoms with Crippen LogP contribution in [-0.4, -0.2) is 258 Å². The topological polar surface area (TPSA) is 410 Å². The molecule has 27 nitrogen and oxygen atoms in total. The van der Waals surface area contributed by atoms with Crippen molar-refractivity contribution in [1.29, 1.82) is 0 Å². The first-order chi connectivity index (χ1) is 63.6. The summed E-state index contributed by atoms with van der Waals surface area (Å²) >= 11 is 7.96. The number of carbonyl (C=O) groups is 8. The average Bonchev–Trinajstić information content (AvgIpc) is 0.849. The second-order valence-electron chi connectivity index (χ2n) is 30.9. The molecule has 11 N–H and O–H groups in total. The molecule has 4 aromatic rings. The number of nitrogens with one attached hydrogen (secondary N) is 1. The van der Waals surface area contributed by atoms with Gasteiger partial charge in [-0.25, -0.2) is 0 Å². The molecule has 0 spiro atoms. The van der Waals surface area contributed by atoms with Crippen LogP contribution in [0.3, 0.4) is 0 Å². The van der Waals surface area contributed by atoms with Crippen LogP contribution in [-0.2, 0) is 52.2 Å². The van der Waals surface area contributed by atoms with Gasteiger partial charge in [-0.3, -0.25) is 38.4 Å². The Morgan fingerprint density at radius 2 is 0.759 bits per heavy atom. The van der Waals surface area contributed by atoms with E-state index < -0.39 is 70.1 Å². The van der Waals surface area contributed by atoms with E-state index in [-0.39, 0.29) is 161 Å². The van der Waals surface area contributed by atoms with E-state index in [9.17, 15) is 62.8 Å².